The lowest BCUT2D eigenvalue weighted by molar-refractivity contribution is -0.137. The van der Waals surface area contributed by atoms with Gasteiger partial charge < -0.3 is 19.9 Å². The third kappa shape index (κ3) is 7.65. The maximum Gasteiger partial charge on any atom is 0.407 e. The van der Waals surface area contributed by atoms with Gasteiger partial charge in [0.2, 0.25) is 0 Å². The van der Waals surface area contributed by atoms with Crippen LogP contribution in [0.5, 0.6) is 0 Å². The van der Waals surface area contributed by atoms with Gasteiger partial charge in [-0.1, -0.05) is 24.3 Å². The third-order valence-electron chi connectivity index (χ3n) is 3.07. The largest absolute Gasteiger partial charge is 0.481 e. The van der Waals surface area contributed by atoms with Crippen LogP contribution in [-0.2, 0) is 20.9 Å². The summed E-state index contributed by atoms with van der Waals surface area (Å²) in [5, 5.41) is 11.7. The standard InChI is InChI=1S/C17H25NO5/c1-17(2,3)23-16(21)18-10-14(9-15(19)20)13-7-5-12(6-8-13)11-22-4/h5-8,14H,9-11H2,1-4H3,(H,18,21)(H,19,20). The van der Waals surface area contributed by atoms with E-state index in [0.717, 1.165) is 11.1 Å². The number of carbonyl (C=O) groups excluding carboxylic acids is 1. The summed E-state index contributed by atoms with van der Waals surface area (Å²) in [7, 11) is 1.62. The van der Waals surface area contributed by atoms with Crippen molar-refractivity contribution in [3.8, 4) is 0 Å². The first kappa shape index (κ1) is 19.0. The van der Waals surface area contributed by atoms with Crippen LogP contribution in [0.2, 0.25) is 0 Å². The summed E-state index contributed by atoms with van der Waals surface area (Å²) < 4.78 is 10.2. The summed E-state index contributed by atoms with van der Waals surface area (Å²) in [4.78, 5) is 22.8. The van der Waals surface area contributed by atoms with Crippen molar-refractivity contribution in [2.75, 3.05) is 13.7 Å². The van der Waals surface area contributed by atoms with Gasteiger partial charge in [-0.15, -0.1) is 0 Å². The van der Waals surface area contributed by atoms with Gasteiger partial charge in [-0.2, -0.15) is 0 Å². The maximum absolute atomic E-state index is 11.7. The number of methoxy groups -OCH3 is 1. The first-order valence-corrected chi connectivity index (χ1v) is 7.47. The molecule has 0 saturated carbocycles. The van der Waals surface area contributed by atoms with Crippen molar-refractivity contribution in [1.82, 2.24) is 5.32 Å². The van der Waals surface area contributed by atoms with Crippen LogP contribution in [0.3, 0.4) is 0 Å². The van der Waals surface area contributed by atoms with Crippen LogP contribution in [0.1, 0.15) is 44.2 Å². The number of benzene rings is 1. The average molecular weight is 323 g/mol. The molecule has 23 heavy (non-hydrogen) atoms. The fourth-order valence-electron chi connectivity index (χ4n) is 2.09. The number of carboxylic acids is 1. The van der Waals surface area contributed by atoms with Crippen LogP contribution >= 0.6 is 0 Å². The van der Waals surface area contributed by atoms with Crippen LogP contribution in [0.25, 0.3) is 0 Å². The number of alkyl carbamates (subject to hydrolysis) is 1. The van der Waals surface area contributed by atoms with Crippen molar-refractivity contribution >= 4 is 12.1 Å². The predicted molar refractivity (Wildman–Crippen MR) is 86.4 cm³/mol. The van der Waals surface area contributed by atoms with E-state index in [9.17, 15) is 9.59 Å². The summed E-state index contributed by atoms with van der Waals surface area (Å²) in [6.45, 7) is 6.02. The topological polar surface area (TPSA) is 84.9 Å². The molecule has 1 aromatic carbocycles. The Morgan fingerprint density at radius 1 is 1.22 bits per heavy atom. The molecule has 0 aliphatic heterocycles. The molecule has 2 N–H and O–H groups in total. The molecule has 6 nitrogen and oxygen atoms in total. The molecule has 0 spiro atoms. The van der Waals surface area contributed by atoms with Crippen molar-refractivity contribution in [2.45, 2.75) is 45.3 Å². The Balaban J connectivity index is 2.72. The zero-order valence-corrected chi connectivity index (χ0v) is 14.1. The molecule has 0 aliphatic rings. The van der Waals surface area contributed by atoms with E-state index in [1.807, 2.05) is 24.3 Å². The Labute approximate surface area is 136 Å². The van der Waals surface area contributed by atoms with Crippen LogP contribution < -0.4 is 5.32 Å². The molecular formula is C17H25NO5. The molecule has 0 radical (unpaired) electrons. The zero-order chi connectivity index (χ0) is 17.5. The van der Waals surface area contributed by atoms with Crippen LogP contribution in [0.15, 0.2) is 24.3 Å². The number of carbonyl (C=O) groups is 2. The highest BCUT2D eigenvalue weighted by Crippen LogP contribution is 2.20. The Bertz CT molecular complexity index is 519. The van der Waals surface area contributed by atoms with Crippen molar-refractivity contribution in [2.24, 2.45) is 0 Å². The highest BCUT2D eigenvalue weighted by Gasteiger charge is 2.20. The number of hydrogen-bond donors (Lipinski definition) is 2. The summed E-state index contributed by atoms with van der Waals surface area (Å²) in [6, 6.07) is 7.50. The molecule has 0 saturated heterocycles. The van der Waals surface area contributed by atoms with Gasteiger partial charge >= 0.3 is 12.1 Å². The smallest absolute Gasteiger partial charge is 0.407 e. The zero-order valence-electron chi connectivity index (χ0n) is 14.1. The molecule has 0 aromatic heterocycles. The van der Waals surface area contributed by atoms with Gasteiger partial charge in [-0.25, -0.2) is 4.79 Å². The number of nitrogens with one attached hydrogen (secondary N) is 1. The lowest BCUT2D eigenvalue weighted by atomic mass is 9.95. The minimum Gasteiger partial charge on any atom is -0.481 e. The molecule has 1 unspecified atom stereocenters. The summed E-state index contributed by atoms with van der Waals surface area (Å²) in [5.74, 6) is -1.24. The highest BCUT2D eigenvalue weighted by molar-refractivity contribution is 5.69. The Morgan fingerprint density at radius 3 is 2.30 bits per heavy atom. The molecule has 128 valence electrons. The van der Waals surface area contributed by atoms with E-state index in [-0.39, 0.29) is 18.9 Å². The minimum atomic E-state index is -0.915. The molecule has 6 heteroatoms. The Kier molecular flexibility index (Phi) is 7.03. The molecule has 1 amide bonds. The van der Waals surface area contributed by atoms with E-state index in [1.165, 1.54) is 0 Å². The lowest BCUT2D eigenvalue weighted by Crippen LogP contribution is -2.35. The highest BCUT2D eigenvalue weighted by atomic mass is 16.6. The number of hydrogen-bond acceptors (Lipinski definition) is 4. The van der Waals surface area contributed by atoms with E-state index in [1.54, 1.807) is 27.9 Å². The molecular weight excluding hydrogens is 298 g/mol. The van der Waals surface area contributed by atoms with Crippen LogP contribution in [-0.4, -0.2) is 36.4 Å². The molecule has 0 bridgehead atoms. The number of aliphatic carboxylic acids is 1. The van der Waals surface area contributed by atoms with Gasteiger partial charge in [0.25, 0.3) is 0 Å². The van der Waals surface area contributed by atoms with E-state index in [2.05, 4.69) is 5.32 Å². The first-order chi connectivity index (χ1) is 10.7. The molecule has 1 rings (SSSR count). The SMILES string of the molecule is COCc1ccc(C(CNC(=O)OC(C)(C)C)CC(=O)O)cc1. The van der Waals surface area contributed by atoms with Gasteiger partial charge in [-0.05, 0) is 31.9 Å². The Hall–Kier alpha value is -2.08. The van der Waals surface area contributed by atoms with Gasteiger partial charge in [0.05, 0.1) is 13.0 Å². The molecule has 0 aliphatic carbocycles. The first-order valence-electron chi connectivity index (χ1n) is 7.47. The predicted octanol–water partition coefficient (Wildman–Crippen LogP) is 2.92. The molecule has 1 atom stereocenters. The average Bonchev–Trinajstić information content (AvgIpc) is 2.42. The fraction of sp³-hybridized carbons (Fsp3) is 0.529. The number of rotatable bonds is 7. The van der Waals surface area contributed by atoms with E-state index in [4.69, 9.17) is 14.6 Å². The van der Waals surface area contributed by atoms with Crippen molar-refractivity contribution in [3.63, 3.8) is 0 Å². The monoisotopic (exact) mass is 323 g/mol. The summed E-state index contributed by atoms with van der Waals surface area (Å²) in [5.41, 5.74) is 1.27. The second kappa shape index (κ2) is 8.53. The number of carboxylic acid groups (broad SMARTS) is 1. The van der Waals surface area contributed by atoms with Crippen LogP contribution in [0, 0.1) is 0 Å². The van der Waals surface area contributed by atoms with E-state index in [0.29, 0.717) is 6.61 Å². The maximum atomic E-state index is 11.7. The van der Waals surface area contributed by atoms with E-state index < -0.39 is 17.7 Å². The quantitative estimate of drug-likeness (QED) is 0.806. The second-order valence-electron chi connectivity index (χ2n) is 6.35. The van der Waals surface area contributed by atoms with Gasteiger partial charge in [0, 0.05) is 19.6 Å². The Morgan fingerprint density at radius 2 is 1.83 bits per heavy atom. The van der Waals surface area contributed by atoms with E-state index >= 15 is 0 Å². The fourth-order valence-corrected chi connectivity index (χ4v) is 2.09. The minimum absolute atomic E-state index is 0.0700. The normalized spacial score (nSPS) is 12.5. The summed E-state index contributed by atoms with van der Waals surface area (Å²) in [6.07, 6.45) is -0.622. The van der Waals surface area contributed by atoms with Crippen molar-refractivity contribution < 1.29 is 24.2 Å². The van der Waals surface area contributed by atoms with Crippen LogP contribution in [0.4, 0.5) is 4.79 Å². The molecule has 1 aromatic rings. The van der Waals surface area contributed by atoms with Gasteiger partial charge in [0.15, 0.2) is 0 Å². The van der Waals surface area contributed by atoms with Crippen molar-refractivity contribution in [1.29, 1.82) is 0 Å². The van der Waals surface area contributed by atoms with Gasteiger partial charge in [-0.3, -0.25) is 4.79 Å². The van der Waals surface area contributed by atoms with Crippen molar-refractivity contribution in [3.05, 3.63) is 35.4 Å². The number of amides is 1. The second-order valence-corrected chi connectivity index (χ2v) is 6.35. The molecule has 0 fully saturated rings. The number of ether oxygens (including phenoxy) is 2. The third-order valence-corrected chi connectivity index (χ3v) is 3.07. The summed E-state index contributed by atoms with van der Waals surface area (Å²) >= 11 is 0. The lowest BCUT2D eigenvalue weighted by Gasteiger charge is -2.21. The molecule has 0 heterocycles. The van der Waals surface area contributed by atoms with Gasteiger partial charge in [0.1, 0.15) is 5.60 Å².